The first-order valence-electron chi connectivity index (χ1n) is 12.6. The molecule has 0 spiro atoms. The van der Waals surface area contributed by atoms with Crippen molar-refractivity contribution in [2.24, 2.45) is 9.98 Å². The summed E-state index contributed by atoms with van der Waals surface area (Å²) in [5, 5.41) is 3.30. The van der Waals surface area contributed by atoms with Crippen LogP contribution in [-0.4, -0.2) is 50.3 Å². The molecule has 4 heterocycles. The number of thioether (sulfide) groups is 1. The first-order chi connectivity index (χ1) is 19.5. The van der Waals surface area contributed by atoms with Crippen LogP contribution in [0.4, 0.5) is 5.69 Å². The molecule has 2 aromatic carbocycles. The van der Waals surface area contributed by atoms with Crippen LogP contribution in [0.15, 0.2) is 93.8 Å². The average molecular weight is 553 g/mol. The first kappa shape index (κ1) is 25.5. The number of amides is 2. The third-order valence-corrected chi connectivity index (χ3v) is 7.52. The number of fused-ring (bicyclic) bond motifs is 4. The SMILES string of the molecule is COc1ccc(CNC(=O)CC2N=C3c4ccccc4N=C(SCc4cc(=O)n5ccccc5n4)N3C2=O)cc1. The quantitative estimate of drug-likeness (QED) is 0.376. The highest BCUT2D eigenvalue weighted by atomic mass is 32.2. The summed E-state index contributed by atoms with van der Waals surface area (Å²) in [6.07, 6.45) is 1.58. The van der Waals surface area contributed by atoms with Crippen LogP contribution in [0.2, 0.25) is 0 Å². The summed E-state index contributed by atoms with van der Waals surface area (Å²) in [6.45, 7) is 0.328. The fraction of sp³-hybridized carbons (Fsp3) is 0.172. The van der Waals surface area contributed by atoms with Crippen molar-refractivity contribution in [1.29, 1.82) is 0 Å². The lowest BCUT2D eigenvalue weighted by Gasteiger charge is -2.25. The predicted octanol–water partition coefficient (Wildman–Crippen LogP) is 3.30. The van der Waals surface area contributed by atoms with Crippen LogP contribution in [0.5, 0.6) is 5.75 Å². The summed E-state index contributed by atoms with van der Waals surface area (Å²) in [7, 11) is 1.60. The van der Waals surface area contributed by atoms with E-state index >= 15 is 0 Å². The first-order valence-corrected chi connectivity index (χ1v) is 13.6. The molecule has 1 unspecified atom stereocenters. The van der Waals surface area contributed by atoms with Crippen molar-refractivity contribution in [3.05, 3.63) is 106 Å². The van der Waals surface area contributed by atoms with E-state index < -0.39 is 6.04 Å². The van der Waals surface area contributed by atoms with Gasteiger partial charge in [-0.05, 0) is 42.0 Å². The van der Waals surface area contributed by atoms with E-state index in [-0.39, 0.29) is 23.8 Å². The molecule has 0 aliphatic carbocycles. The van der Waals surface area contributed by atoms with Gasteiger partial charge in [0, 0.05) is 30.1 Å². The highest BCUT2D eigenvalue weighted by Gasteiger charge is 2.42. The standard InChI is InChI=1S/C29H24N6O4S/c1-39-20-11-9-18(10-12-20)16-30-25(36)15-23-28(38)35-27(32-23)21-6-2-3-7-22(21)33-29(35)40-17-19-14-26(37)34-13-5-4-8-24(34)31-19/h2-14,23H,15-17H2,1H3,(H,30,36). The number of benzene rings is 2. The average Bonchev–Trinajstić information content (AvgIpc) is 3.31. The van der Waals surface area contributed by atoms with Crippen LogP contribution in [0.1, 0.15) is 23.2 Å². The lowest BCUT2D eigenvalue weighted by atomic mass is 10.1. The molecule has 11 heteroatoms. The number of aromatic nitrogens is 2. The van der Waals surface area contributed by atoms with Gasteiger partial charge in [0.05, 0.1) is 24.9 Å². The Bertz CT molecular complexity index is 1750. The van der Waals surface area contributed by atoms with E-state index in [0.29, 0.717) is 40.3 Å². The number of pyridine rings is 1. The monoisotopic (exact) mass is 552 g/mol. The Balaban J connectivity index is 1.19. The Labute approximate surface area is 233 Å². The number of carbonyl (C=O) groups is 2. The maximum Gasteiger partial charge on any atom is 0.259 e. The number of aliphatic imine (C=N–C) groups is 2. The van der Waals surface area contributed by atoms with Crippen molar-refractivity contribution in [1.82, 2.24) is 19.6 Å². The zero-order valence-electron chi connectivity index (χ0n) is 21.5. The summed E-state index contributed by atoms with van der Waals surface area (Å²) in [5.41, 5.74) is 3.26. The summed E-state index contributed by atoms with van der Waals surface area (Å²) in [4.78, 5) is 54.3. The second kappa shape index (κ2) is 10.8. The molecule has 6 rings (SSSR count). The maximum absolute atomic E-state index is 13.5. The second-order valence-corrected chi connectivity index (χ2v) is 10.1. The number of nitrogens with zero attached hydrogens (tertiary/aromatic N) is 5. The minimum absolute atomic E-state index is 0.0852. The van der Waals surface area contributed by atoms with Gasteiger partial charge in [-0.25, -0.2) is 14.9 Å². The van der Waals surface area contributed by atoms with Crippen LogP contribution in [0, 0.1) is 0 Å². The number of carbonyl (C=O) groups excluding carboxylic acids is 2. The van der Waals surface area contributed by atoms with Crippen molar-refractivity contribution < 1.29 is 14.3 Å². The van der Waals surface area contributed by atoms with Crippen molar-refractivity contribution in [3.8, 4) is 5.75 Å². The van der Waals surface area contributed by atoms with Gasteiger partial charge in [0.2, 0.25) is 5.91 Å². The molecule has 2 aliphatic rings. The van der Waals surface area contributed by atoms with Crippen molar-refractivity contribution >= 4 is 45.9 Å². The fourth-order valence-corrected chi connectivity index (χ4v) is 5.43. The molecule has 1 atom stereocenters. The van der Waals surface area contributed by atoms with Crippen LogP contribution in [0.25, 0.3) is 5.65 Å². The Morgan fingerprint density at radius 3 is 2.67 bits per heavy atom. The molecule has 0 saturated heterocycles. The molecule has 2 amide bonds. The van der Waals surface area contributed by atoms with Crippen molar-refractivity contribution in [2.45, 2.75) is 24.8 Å². The fourth-order valence-electron chi connectivity index (χ4n) is 4.54. The molecule has 0 bridgehead atoms. The highest BCUT2D eigenvalue weighted by Crippen LogP contribution is 2.34. The third-order valence-electron chi connectivity index (χ3n) is 6.55. The molecule has 0 saturated carbocycles. The summed E-state index contributed by atoms with van der Waals surface area (Å²) < 4.78 is 6.64. The predicted molar refractivity (Wildman–Crippen MR) is 153 cm³/mol. The molecule has 40 heavy (non-hydrogen) atoms. The van der Waals surface area contributed by atoms with Crippen LogP contribution in [0.3, 0.4) is 0 Å². The van der Waals surface area contributed by atoms with Gasteiger partial charge in [0.15, 0.2) is 5.17 Å². The highest BCUT2D eigenvalue weighted by molar-refractivity contribution is 8.13. The zero-order chi connectivity index (χ0) is 27.6. The van der Waals surface area contributed by atoms with E-state index in [1.165, 1.54) is 27.1 Å². The van der Waals surface area contributed by atoms with Gasteiger partial charge in [0.1, 0.15) is 23.3 Å². The van der Waals surface area contributed by atoms with Crippen LogP contribution < -0.4 is 15.6 Å². The second-order valence-electron chi connectivity index (χ2n) is 9.19. The molecule has 4 aromatic rings. The lowest BCUT2D eigenvalue weighted by molar-refractivity contribution is -0.128. The molecule has 0 fully saturated rings. The molecular formula is C29H24N6O4S. The van der Waals surface area contributed by atoms with Crippen molar-refractivity contribution in [3.63, 3.8) is 0 Å². The van der Waals surface area contributed by atoms with E-state index in [0.717, 1.165) is 16.9 Å². The number of amidine groups is 2. The minimum atomic E-state index is -0.869. The van der Waals surface area contributed by atoms with E-state index in [1.807, 2.05) is 54.6 Å². The normalized spacial score (nSPS) is 15.8. The smallest absolute Gasteiger partial charge is 0.259 e. The number of rotatable bonds is 7. The van der Waals surface area contributed by atoms with E-state index in [2.05, 4.69) is 15.3 Å². The van der Waals surface area contributed by atoms with Crippen LogP contribution >= 0.6 is 11.8 Å². The molecule has 2 aliphatic heterocycles. The Hall–Kier alpha value is -4.77. The number of para-hydroxylation sites is 1. The van der Waals surface area contributed by atoms with Gasteiger partial charge < -0.3 is 10.1 Å². The molecule has 2 aromatic heterocycles. The molecule has 0 radical (unpaired) electrons. The zero-order valence-corrected chi connectivity index (χ0v) is 22.3. The van der Waals surface area contributed by atoms with Gasteiger partial charge in [-0.15, -0.1) is 0 Å². The summed E-state index contributed by atoms with van der Waals surface area (Å²) in [6, 6.07) is 20.8. The molecular weight excluding hydrogens is 528 g/mol. The molecule has 10 nitrogen and oxygen atoms in total. The van der Waals surface area contributed by atoms with Gasteiger partial charge in [0.25, 0.3) is 11.5 Å². The Kier molecular flexibility index (Phi) is 6.87. The minimum Gasteiger partial charge on any atom is -0.497 e. The summed E-state index contributed by atoms with van der Waals surface area (Å²) in [5.74, 6) is 0.933. The van der Waals surface area contributed by atoms with E-state index in [1.54, 1.807) is 25.4 Å². The third kappa shape index (κ3) is 4.98. The number of methoxy groups -OCH3 is 1. The topological polar surface area (TPSA) is 118 Å². The Morgan fingerprint density at radius 1 is 1.05 bits per heavy atom. The maximum atomic E-state index is 13.5. The lowest BCUT2D eigenvalue weighted by Crippen LogP contribution is -2.42. The number of hydrogen-bond acceptors (Lipinski definition) is 8. The van der Waals surface area contributed by atoms with E-state index in [9.17, 15) is 14.4 Å². The number of hydrogen-bond donors (Lipinski definition) is 1. The van der Waals surface area contributed by atoms with Gasteiger partial charge in [-0.3, -0.25) is 23.8 Å². The number of nitrogens with one attached hydrogen (secondary N) is 1. The number of ether oxygens (including phenoxy) is 1. The van der Waals surface area contributed by atoms with Crippen molar-refractivity contribution in [2.75, 3.05) is 7.11 Å². The largest absolute Gasteiger partial charge is 0.497 e. The molecule has 200 valence electrons. The van der Waals surface area contributed by atoms with Gasteiger partial charge in [-0.2, -0.15) is 0 Å². The molecule has 1 N–H and O–H groups in total. The van der Waals surface area contributed by atoms with E-state index in [4.69, 9.17) is 9.73 Å². The van der Waals surface area contributed by atoms with Gasteiger partial charge >= 0.3 is 0 Å². The Morgan fingerprint density at radius 2 is 1.85 bits per heavy atom. The van der Waals surface area contributed by atoms with Gasteiger partial charge in [-0.1, -0.05) is 42.1 Å². The van der Waals surface area contributed by atoms with Crippen LogP contribution in [-0.2, 0) is 21.9 Å². The summed E-state index contributed by atoms with van der Waals surface area (Å²) >= 11 is 1.30.